The Hall–Kier alpha value is -1.40. The molecule has 0 saturated heterocycles. The standard InChI is InChI=1S/C14H19BrN2O3/c1-4-12(10-5-7-11(15)8-6-10)16-9(2)13(18)17-14(19)20-3/h5-9,12,16H,4H2,1-3H3,(H,17,18,19)/p+1/t9-,12-/m1/s1. The summed E-state index contributed by atoms with van der Waals surface area (Å²) in [5.41, 5.74) is 1.15. The fraction of sp³-hybridized carbons (Fsp3) is 0.429. The molecule has 0 aliphatic rings. The first-order valence-electron chi connectivity index (χ1n) is 6.47. The Kier molecular flexibility index (Phi) is 6.67. The van der Waals surface area contributed by atoms with Gasteiger partial charge in [-0.25, -0.2) is 4.79 Å². The third-order valence-electron chi connectivity index (χ3n) is 3.08. The second-order valence-electron chi connectivity index (χ2n) is 4.53. The Morgan fingerprint density at radius 3 is 2.45 bits per heavy atom. The van der Waals surface area contributed by atoms with Crippen LogP contribution in [0.5, 0.6) is 0 Å². The highest BCUT2D eigenvalue weighted by Crippen LogP contribution is 2.16. The number of carbonyl (C=O) groups is 2. The molecule has 0 aromatic heterocycles. The summed E-state index contributed by atoms with van der Waals surface area (Å²) in [6.07, 6.45) is 0.157. The number of amides is 2. The van der Waals surface area contributed by atoms with E-state index in [2.05, 4.69) is 32.9 Å². The van der Waals surface area contributed by atoms with E-state index in [1.807, 2.05) is 29.6 Å². The maximum absolute atomic E-state index is 11.8. The third kappa shape index (κ3) is 4.94. The number of imide groups is 1. The zero-order chi connectivity index (χ0) is 15.1. The van der Waals surface area contributed by atoms with Crippen molar-refractivity contribution < 1.29 is 19.6 Å². The first-order valence-corrected chi connectivity index (χ1v) is 7.26. The minimum absolute atomic E-state index is 0.168. The summed E-state index contributed by atoms with van der Waals surface area (Å²) in [6.45, 7) is 3.83. The molecule has 20 heavy (non-hydrogen) atoms. The number of alkyl carbamates (subject to hydrolysis) is 1. The van der Waals surface area contributed by atoms with E-state index < -0.39 is 6.09 Å². The topological polar surface area (TPSA) is 72.0 Å². The molecule has 0 fully saturated rings. The van der Waals surface area contributed by atoms with Gasteiger partial charge in [-0.15, -0.1) is 0 Å². The minimum atomic E-state index is -0.730. The van der Waals surface area contributed by atoms with Gasteiger partial charge >= 0.3 is 6.09 Å². The van der Waals surface area contributed by atoms with Crippen LogP contribution in [-0.4, -0.2) is 25.2 Å². The lowest BCUT2D eigenvalue weighted by Crippen LogP contribution is -2.92. The molecule has 0 heterocycles. The number of nitrogens with one attached hydrogen (secondary N) is 1. The number of rotatable bonds is 5. The van der Waals surface area contributed by atoms with Gasteiger partial charge in [0.25, 0.3) is 5.91 Å². The molecule has 0 radical (unpaired) electrons. The smallest absolute Gasteiger partial charge is 0.413 e. The molecule has 0 aliphatic carbocycles. The van der Waals surface area contributed by atoms with E-state index in [0.29, 0.717) is 0 Å². The van der Waals surface area contributed by atoms with Crippen LogP contribution in [0.3, 0.4) is 0 Å². The van der Waals surface area contributed by atoms with Crippen LogP contribution in [0, 0.1) is 0 Å². The second-order valence-corrected chi connectivity index (χ2v) is 5.44. The SMILES string of the molecule is CC[C@@H]([NH2+][C@H](C)C(=O)NC(=O)OC)c1ccc(Br)cc1. The number of hydrogen-bond donors (Lipinski definition) is 2. The molecule has 0 spiro atoms. The van der Waals surface area contributed by atoms with Gasteiger partial charge in [0.05, 0.1) is 7.11 Å². The molecule has 1 aromatic carbocycles. The van der Waals surface area contributed by atoms with Gasteiger partial charge in [0.15, 0.2) is 6.04 Å². The van der Waals surface area contributed by atoms with Crippen molar-refractivity contribution >= 4 is 27.9 Å². The lowest BCUT2D eigenvalue weighted by atomic mass is 10.0. The number of methoxy groups -OCH3 is 1. The van der Waals surface area contributed by atoms with Crippen molar-refractivity contribution in [2.45, 2.75) is 32.4 Å². The molecule has 0 unspecified atom stereocenters. The molecule has 1 rings (SSSR count). The average Bonchev–Trinajstić information content (AvgIpc) is 2.45. The number of quaternary nitrogens is 1. The van der Waals surface area contributed by atoms with Crippen LogP contribution in [0.15, 0.2) is 28.7 Å². The normalized spacial score (nSPS) is 13.4. The van der Waals surface area contributed by atoms with Crippen molar-refractivity contribution in [3.05, 3.63) is 34.3 Å². The van der Waals surface area contributed by atoms with Crippen LogP contribution >= 0.6 is 15.9 Å². The highest BCUT2D eigenvalue weighted by molar-refractivity contribution is 9.10. The van der Waals surface area contributed by atoms with Gasteiger partial charge in [0.1, 0.15) is 6.04 Å². The van der Waals surface area contributed by atoms with Crippen molar-refractivity contribution in [2.75, 3.05) is 7.11 Å². The van der Waals surface area contributed by atoms with Gasteiger partial charge < -0.3 is 10.1 Å². The molecule has 0 saturated carbocycles. The molecule has 3 N–H and O–H groups in total. The first-order chi connectivity index (χ1) is 9.47. The maximum Gasteiger partial charge on any atom is 0.413 e. The van der Waals surface area contributed by atoms with E-state index in [9.17, 15) is 9.59 Å². The Morgan fingerprint density at radius 1 is 1.35 bits per heavy atom. The summed E-state index contributed by atoms with van der Waals surface area (Å²) in [7, 11) is 1.23. The molecule has 0 aliphatic heterocycles. The summed E-state index contributed by atoms with van der Waals surface area (Å²) in [5.74, 6) is -0.354. The molecule has 110 valence electrons. The Balaban J connectivity index is 2.66. The van der Waals surface area contributed by atoms with Gasteiger partial charge in [-0.05, 0) is 19.1 Å². The molecule has 2 amide bonds. The van der Waals surface area contributed by atoms with E-state index >= 15 is 0 Å². The minimum Gasteiger partial charge on any atom is -0.453 e. The quantitative estimate of drug-likeness (QED) is 0.855. The molecular weight excluding hydrogens is 324 g/mol. The van der Waals surface area contributed by atoms with Crippen LogP contribution < -0.4 is 10.6 Å². The number of hydrogen-bond acceptors (Lipinski definition) is 3. The predicted octanol–water partition coefficient (Wildman–Crippen LogP) is 1.73. The van der Waals surface area contributed by atoms with Crippen molar-refractivity contribution in [1.82, 2.24) is 5.32 Å². The molecule has 1 aromatic rings. The Morgan fingerprint density at radius 2 is 1.95 bits per heavy atom. The van der Waals surface area contributed by atoms with Crippen LogP contribution in [0.2, 0.25) is 0 Å². The van der Waals surface area contributed by atoms with Crippen LogP contribution in [0.1, 0.15) is 31.9 Å². The number of nitrogens with two attached hydrogens (primary N) is 1. The fourth-order valence-electron chi connectivity index (χ4n) is 1.89. The average molecular weight is 344 g/mol. The third-order valence-corrected chi connectivity index (χ3v) is 3.61. The molecule has 0 bridgehead atoms. The molecular formula is C14H20BrN2O3+. The van der Waals surface area contributed by atoms with Crippen molar-refractivity contribution in [3.8, 4) is 0 Å². The number of benzene rings is 1. The van der Waals surface area contributed by atoms with Crippen molar-refractivity contribution in [3.63, 3.8) is 0 Å². The summed E-state index contributed by atoms with van der Waals surface area (Å²) >= 11 is 3.40. The van der Waals surface area contributed by atoms with Crippen molar-refractivity contribution in [2.24, 2.45) is 0 Å². The van der Waals surface area contributed by atoms with Crippen LogP contribution in [-0.2, 0) is 9.53 Å². The van der Waals surface area contributed by atoms with Gasteiger partial charge in [-0.2, -0.15) is 0 Å². The maximum atomic E-state index is 11.8. The number of carbonyl (C=O) groups excluding carboxylic acids is 2. The lowest BCUT2D eigenvalue weighted by Gasteiger charge is -2.18. The van der Waals surface area contributed by atoms with Gasteiger partial charge in [-0.3, -0.25) is 10.1 Å². The summed E-state index contributed by atoms with van der Waals surface area (Å²) < 4.78 is 5.43. The Labute approximate surface area is 127 Å². The fourth-order valence-corrected chi connectivity index (χ4v) is 2.16. The van der Waals surface area contributed by atoms with E-state index in [4.69, 9.17) is 0 Å². The predicted molar refractivity (Wildman–Crippen MR) is 79.1 cm³/mol. The zero-order valence-corrected chi connectivity index (χ0v) is 13.4. The zero-order valence-electron chi connectivity index (χ0n) is 11.9. The van der Waals surface area contributed by atoms with E-state index in [1.165, 1.54) is 7.11 Å². The molecule has 2 atom stereocenters. The summed E-state index contributed by atoms with van der Waals surface area (Å²) in [6, 6.07) is 7.80. The summed E-state index contributed by atoms with van der Waals surface area (Å²) in [5, 5.41) is 4.13. The van der Waals surface area contributed by atoms with Gasteiger partial charge in [0.2, 0.25) is 0 Å². The van der Waals surface area contributed by atoms with E-state index in [-0.39, 0.29) is 18.0 Å². The van der Waals surface area contributed by atoms with Gasteiger partial charge in [0, 0.05) is 16.5 Å². The second kappa shape index (κ2) is 8.01. The number of ether oxygens (including phenoxy) is 1. The van der Waals surface area contributed by atoms with Crippen LogP contribution in [0.4, 0.5) is 4.79 Å². The largest absolute Gasteiger partial charge is 0.453 e. The number of halogens is 1. The lowest BCUT2D eigenvalue weighted by molar-refractivity contribution is -0.713. The monoisotopic (exact) mass is 343 g/mol. The van der Waals surface area contributed by atoms with Crippen LogP contribution in [0.25, 0.3) is 0 Å². The van der Waals surface area contributed by atoms with Crippen molar-refractivity contribution in [1.29, 1.82) is 0 Å². The Bertz CT molecular complexity index is 462. The van der Waals surface area contributed by atoms with Gasteiger partial charge in [-0.1, -0.05) is 35.0 Å². The summed E-state index contributed by atoms with van der Waals surface area (Å²) in [4.78, 5) is 22.8. The highest BCUT2D eigenvalue weighted by atomic mass is 79.9. The molecule has 6 heteroatoms. The highest BCUT2D eigenvalue weighted by Gasteiger charge is 2.23. The first kappa shape index (κ1) is 16.7. The van der Waals surface area contributed by atoms with E-state index in [0.717, 1.165) is 16.5 Å². The molecule has 5 nitrogen and oxygen atoms in total. The van der Waals surface area contributed by atoms with E-state index in [1.54, 1.807) is 6.92 Å².